The van der Waals surface area contributed by atoms with Crippen LogP contribution in [0.25, 0.3) is 0 Å². The molecule has 0 aliphatic rings. The van der Waals surface area contributed by atoms with Crippen LogP contribution in [0.5, 0.6) is 0 Å². The van der Waals surface area contributed by atoms with Crippen LogP contribution >= 0.6 is 11.3 Å². The maximum Gasteiger partial charge on any atom is 0.0213 e. The Balaban J connectivity index is 2.01. The van der Waals surface area contributed by atoms with Crippen LogP contribution < -0.4 is 11.1 Å². The number of rotatable bonds is 10. The van der Waals surface area contributed by atoms with Gasteiger partial charge < -0.3 is 11.1 Å². The second kappa shape index (κ2) is 9.63. The van der Waals surface area contributed by atoms with Crippen molar-refractivity contribution in [2.24, 2.45) is 11.7 Å². The molecular weight excluding hydrogens is 228 g/mol. The molecule has 17 heavy (non-hydrogen) atoms. The zero-order valence-corrected chi connectivity index (χ0v) is 11.8. The largest absolute Gasteiger partial charge is 0.330 e. The molecule has 1 heterocycles. The van der Waals surface area contributed by atoms with Crippen molar-refractivity contribution in [2.45, 2.75) is 45.6 Å². The van der Waals surface area contributed by atoms with Crippen LogP contribution in [0.15, 0.2) is 16.8 Å². The van der Waals surface area contributed by atoms with E-state index < -0.39 is 0 Å². The van der Waals surface area contributed by atoms with E-state index in [-0.39, 0.29) is 0 Å². The summed E-state index contributed by atoms with van der Waals surface area (Å²) in [6.45, 7) is 5.24. The molecule has 2 nitrogen and oxygen atoms in total. The predicted molar refractivity (Wildman–Crippen MR) is 77.3 cm³/mol. The van der Waals surface area contributed by atoms with Crippen molar-refractivity contribution in [1.82, 2.24) is 5.32 Å². The second-order valence-electron chi connectivity index (χ2n) is 4.68. The summed E-state index contributed by atoms with van der Waals surface area (Å²) in [5.74, 6) is 0.841. The summed E-state index contributed by atoms with van der Waals surface area (Å²) in [5.41, 5.74) is 7.04. The fourth-order valence-electron chi connectivity index (χ4n) is 2.22. The van der Waals surface area contributed by atoms with Crippen LogP contribution in [-0.4, -0.2) is 13.1 Å². The fourth-order valence-corrected chi connectivity index (χ4v) is 2.89. The minimum Gasteiger partial charge on any atom is -0.330 e. The minimum absolute atomic E-state index is 0.840. The van der Waals surface area contributed by atoms with Crippen LogP contribution in [0, 0.1) is 5.92 Å². The van der Waals surface area contributed by atoms with Crippen molar-refractivity contribution in [3.05, 3.63) is 22.4 Å². The summed E-state index contributed by atoms with van der Waals surface area (Å²) in [6, 6.07) is 2.19. The average Bonchev–Trinajstić information content (AvgIpc) is 2.82. The van der Waals surface area contributed by atoms with Gasteiger partial charge in [0.2, 0.25) is 0 Å². The number of thiophene rings is 1. The fraction of sp³-hybridized carbons (Fsp3) is 0.714. The normalized spacial score (nSPS) is 12.8. The van der Waals surface area contributed by atoms with Gasteiger partial charge in [-0.05, 0) is 60.7 Å². The molecule has 1 atom stereocenters. The van der Waals surface area contributed by atoms with Gasteiger partial charge in [0.15, 0.2) is 0 Å². The molecule has 0 radical (unpaired) electrons. The van der Waals surface area contributed by atoms with Crippen molar-refractivity contribution < 1.29 is 0 Å². The summed E-state index contributed by atoms with van der Waals surface area (Å²) in [6.07, 6.45) is 6.41. The lowest BCUT2D eigenvalue weighted by atomic mass is 9.94. The van der Waals surface area contributed by atoms with Crippen molar-refractivity contribution >= 4 is 11.3 Å². The molecule has 98 valence electrons. The molecule has 1 aromatic rings. The van der Waals surface area contributed by atoms with Gasteiger partial charge in [-0.2, -0.15) is 11.3 Å². The Morgan fingerprint density at radius 1 is 1.35 bits per heavy atom. The summed E-state index contributed by atoms with van der Waals surface area (Å²) in [4.78, 5) is 0. The van der Waals surface area contributed by atoms with E-state index in [1.165, 1.54) is 37.7 Å². The van der Waals surface area contributed by atoms with Crippen LogP contribution in [0.3, 0.4) is 0 Å². The Labute approximate surface area is 110 Å². The predicted octanol–water partition coefficient (Wildman–Crippen LogP) is 3.38. The molecule has 0 spiro atoms. The molecule has 0 aliphatic heterocycles. The number of hydrogen-bond acceptors (Lipinski definition) is 3. The van der Waals surface area contributed by atoms with E-state index in [1.807, 2.05) is 0 Å². The zero-order valence-electron chi connectivity index (χ0n) is 11.0. The quantitative estimate of drug-likeness (QED) is 0.628. The van der Waals surface area contributed by atoms with Gasteiger partial charge in [-0.1, -0.05) is 19.8 Å². The second-order valence-corrected chi connectivity index (χ2v) is 5.46. The van der Waals surface area contributed by atoms with Crippen LogP contribution in [0.1, 0.15) is 44.6 Å². The lowest BCUT2D eigenvalue weighted by Gasteiger charge is -2.14. The van der Waals surface area contributed by atoms with Gasteiger partial charge >= 0.3 is 0 Å². The highest BCUT2D eigenvalue weighted by Gasteiger charge is 2.05. The van der Waals surface area contributed by atoms with Crippen LogP contribution in [0.4, 0.5) is 0 Å². The zero-order chi connectivity index (χ0) is 12.3. The van der Waals surface area contributed by atoms with Gasteiger partial charge in [0.1, 0.15) is 0 Å². The van der Waals surface area contributed by atoms with Gasteiger partial charge in [0.05, 0.1) is 0 Å². The molecule has 0 saturated carbocycles. The molecule has 3 N–H and O–H groups in total. The third-order valence-corrected chi connectivity index (χ3v) is 3.88. The molecule has 1 aromatic heterocycles. The van der Waals surface area contributed by atoms with E-state index in [9.17, 15) is 0 Å². The molecule has 1 rings (SSSR count). The van der Waals surface area contributed by atoms with E-state index in [2.05, 4.69) is 29.1 Å². The molecule has 0 fully saturated rings. The topological polar surface area (TPSA) is 38.0 Å². The van der Waals surface area contributed by atoms with E-state index in [0.717, 1.165) is 25.6 Å². The van der Waals surface area contributed by atoms with Gasteiger partial charge in [-0.15, -0.1) is 0 Å². The number of nitrogens with one attached hydrogen (secondary N) is 1. The van der Waals surface area contributed by atoms with Crippen LogP contribution in [-0.2, 0) is 6.54 Å². The summed E-state index contributed by atoms with van der Waals surface area (Å²) < 4.78 is 0. The molecule has 0 saturated heterocycles. The first kappa shape index (κ1) is 14.7. The van der Waals surface area contributed by atoms with Crippen molar-refractivity contribution in [3.63, 3.8) is 0 Å². The lowest BCUT2D eigenvalue weighted by Crippen LogP contribution is -2.16. The molecule has 0 aromatic carbocycles. The van der Waals surface area contributed by atoms with E-state index in [4.69, 9.17) is 5.73 Å². The number of nitrogens with two attached hydrogens (primary N) is 1. The van der Waals surface area contributed by atoms with Gasteiger partial charge in [0, 0.05) is 6.54 Å². The first-order valence-electron chi connectivity index (χ1n) is 6.78. The summed E-state index contributed by atoms with van der Waals surface area (Å²) in [7, 11) is 0. The average molecular weight is 254 g/mol. The van der Waals surface area contributed by atoms with Crippen molar-refractivity contribution in [2.75, 3.05) is 13.1 Å². The smallest absolute Gasteiger partial charge is 0.0213 e. The van der Waals surface area contributed by atoms with Gasteiger partial charge in [0.25, 0.3) is 0 Å². The first-order valence-corrected chi connectivity index (χ1v) is 7.73. The van der Waals surface area contributed by atoms with E-state index in [1.54, 1.807) is 11.3 Å². The molecule has 0 bridgehead atoms. The monoisotopic (exact) mass is 254 g/mol. The van der Waals surface area contributed by atoms with Crippen molar-refractivity contribution in [3.8, 4) is 0 Å². The number of hydrogen-bond donors (Lipinski definition) is 2. The Bertz CT molecular complexity index is 253. The Morgan fingerprint density at radius 3 is 2.88 bits per heavy atom. The third-order valence-electron chi connectivity index (χ3n) is 3.15. The highest BCUT2D eigenvalue weighted by Crippen LogP contribution is 2.16. The maximum absolute atomic E-state index is 5.64. The molecule has 0 amide bonds. The molecule has 0 aliphatic carbocycles. The summed E-state index contributed by atoms with van der Waals surface area (Å²) >= 11 is 1.77. The molecular formula is C14H26N2S. The first-order chi connectivity index (χ1) is 8.36. The highest BCUT2D eigenvalue weighted by atomic mass is 32.1. The maximum atomic E-state index is 5.64. The molecule has 1 unspecified atom stereocenters. The van der Waals surface area contributed by atoms with E-state index >= 15 is 0 Å². The third kappa shape index (κ3) is 6.81. The SMILES string of the molecule is CCCC(CCN)CCCNCc1ccsc1. The Hall–Kier alpha value is -0.380. The van der Waals surface area contributed by atoms with Gasteiger partial charge in [-0.3, -0.25) is 0 Å². The van der Waals surface area contributed by atoms with Crippen molar-refractivity contribution in [1.29, 1.82) is 0 Å². The summed E-state index contributed by atoms with van der Waals surface area (Å²) in [5, 5.41) is 7.85. The highest BCUT2D eigenvalue weighted by molar-refractivity contribution is 7.07. The Morgan fingerprint density at radius 2 is 2.24 bits per heavy atom. The van der Waals surface area contributed by atoms with Gasteiger partial charge in [-0.25, -0.2) is 0 Å². The van der Waals surface area contributed by atoms with E-state index in [0.29, 0.717) is 0 Å². The lowest BCUT2D eigenvalue weighted by molar-refractivity contribution is 0.403. The Kier molecular flexibility index (Phi) is 8.32. The standard InChI is InChI=1S/C14H26N2S/c1-2-4-13(6-8-15)5-3-9-16-11-14-7-10-17-12-14/h7,10,12-13,16H,2-6,8-9,11,15H2,1H3. The minimum atomic E-state index is 0.840. The molecule has 3 heteroatoms. The van der Waals surface area contributed by atoms with Crippen LogP contribution in [0.2, 0.25) is 0 Å².